The van der Waals surface area contributed by atoms with Gasteiger partial charge in [0.05, 0.1) is 6.61 Å². The number of H-pyrrole nitrogens is 1. The van der Waals surface area contributed by atoms with E-state index in [4.69, 9.17) is 4.74 Å². The number of nitrogens with one attached hydrogen (secondary N) is 1. The summed E-state index contributed by atoms with van der Waals surface area (Å²) in [5.74, 6) is 0.821. The third-order valence-corrected chi connectivity index (χ3v) is 3.34. The van der Waals surface area contributed by atoms with Gasteiger partial charge in [-0.15, -0.1) is 11.8 Å². The Labute approximate surface area is 109 Å². The van der Waals surface area contributed by atoms with E-state index in [0.717, 1.165) is 5.75 Å². The van der Waals surface area contributed by atoms with Gasteiger partial charge in [-0.1, -0.05) is 0 Å². The fourth-order valence-corrected chi connectivity index (χ4v) is 2.03. The average molecular weight is 276 g/mol. The molecule has 1 unspecified atom stereocenters. The van der Waals surface area contributed by atoms with Crippen LogP contribution in [0.4, 0.5) is 0 Å². The molecule has 1 aromatic heterocycles. The molecule has 0 aromatic carbocycles. The van der Waals surface area contributed by atoms with Gasteiger partial charge in [0.2, 0.25) is 0 Å². The lowest BCUT2D eigenvalue weighted by atomic mass is 10.4. The third-order valence-electron chi connectivity index (χ3n) is 2.01. The molecule has 1 N–H and O–H groups in total. The van der Waals surface area contributed by atoms with Crippen LogP contribution in [0, 0.1) is 6.92 Å². The topological polar surface area (TPSA) is 64.1 Å². The van der Waals surface area contributed by atoms with E-state index in [1.54, 1.807) is 18.7 Å². The zero-order valence-corrected chi connectivity index (χ0v) is 11.5. The molecule has 0 amide bonds. The molecule has 96 valence electrons. The van der Waals surface area contributed by atoms with Crippen LogP contribution in [-0.4, -0.2) is 26.5 Å². The number of hydrogen-bond donors (Lipinski definition) is 2. The number of thiol groups is 1. The van der Waals surface area contributed by atoms with Crippen molar-refractivity contribution < 1.29 is 4.74 Å². The number of aromatic amines is 1. The van der Waals surface area contributed by atoms with Gasteiger partial charge in [-0.25, -0.2) is 4.79 Å². The quantitative estimate of drug-likeness (QED) is 0.459. The van der Waals surface area contributed by atoms with E-state index in [1.807, 2.05) is 6.92 Å². The van der Waals surface area contributed by atoms with Gasteiger partial charge in [0.15, 0.2) is 0 Å². The van der Waals surface area contributed by atoms with E-state index in [2.05, 4.69) is 17.6 Å². The molecule has 0 radical (unpaired) electrons. The van der Waals surface area contributed by atoms with Gasteiger partial charge < -0.3 is 4.74 Å². The first kappa shape index (κ1) is 14.4. The highest BCUT2D eigenvalue weighted by Crippen LogP contribution is 2.12. The van der Waals surface area contributed by atoms with Crippen molar-refractivity contribution in [2.75, 3.05) is 12.4 Å². The van der Waals surface area contributed by atoms with Gasteiger partial charge in [0.1, 0.15) is 6.73 Å². The maximum Gasteiger partial charge on any atom is 0.330 e. The van der Waals surface area contributed by atoms with Crippen molar-refractivity contribution in [2.24, 2.45) is 0 Å². The van der Waals surface area contributed by atoms with Crippen molar-refractivity contribution in [3.05, 3.63) is 32.6 Å². The molecule has 5 nitrogen and oxygen atoms in total. The normalized spacial score (nSPS) is 12.6. The van der Waals surface area contributed by atoms with Gasteiger partial charge in [-0.3, -0.25) is 14.3 Å². The van der Waals surface area contributed by atoms with Crippen molar-refractivity contribution in [1.82, 2.24) is 9.55 Å². The van der Waals surface area contributed by atoms with Crippen LogP contribution in [0.25, 0.3) is 0 Å². The summed E-state index contributed by atoms with van der Waals surface area (Å²) in [6.07, 6.45) is 1.50. The van der Waals surface area contributed by atoms with Crippen LogP contribution in [-0.2, 0) is 11.5 Å². The summed E-state index contributed by atoms with van der Waals surface area (Å²) >= 11 is 5.89. The van der Waals surface area contributed by atoms with E-state index < -0.39 is 5.69 Å². The van der Waals surface area contributed by atoms with Crippen LogP contribution in [0.15, 0.2) is 15.8 Å². The first-order valence-electron chi connectivity index (χ1n) is 5.18. The van der Waals surface area contributed by atoms with Crippen molar-refractivity contribution in [3.63, 3.8) is 0 Å². The summed E-state index contributed by atoms with van der Waals surface area (Å²) in [4.78, 5) is 24.7. The molecule has 7 heteroatoms. The SMILES string of the molecule is Cc1cn(COCCSC(C)S)c(=O)[nH]c1=O. The molecule has 0 bridgehead atoms. The first-order valence-corrected chi connectivity index (χ1v) is 6.75. The van der Waals surface area contributed by atoms with Crippen LogP contribution < -0.4 is 11.2 Å². The number of aryl methyl sites for hydroxylation is 1. The maximum absolute atomic E-state index is 11.4. The molecule has 0 aliphatic rings. The Morgan fingerprint density at radius 1 is 1.59 bits per heavy atom. The number of nitrogens with zero attached hydrogens (tertiary/aromatic N) is 1. The van der Waals surface area contributed by atoms with Crippen LogP contribution in [0.1, 0.15) is 12.5 Å². The largest absolute Gasteiger partial charge is 0.360 e. The Kier molecular flexibility index (Phi) is 5.87. The lowest BCUT2D eigenvalue weighted by Crippen LogP contribution is -2.31. The summed E-state index contributed by atoms with van der Waals surface area (Å²) in [5.41, 5.74) is -0.312. The average Bonchev–Trinajstić information content (AvgIpc) is 2.24. The second kappa shape index (κ2) is 6.93. The molecule has 0 aliphatic heterocycles. The number of ether oxygens (including phenoxy) is 1. The summed E-state index contributed by atoms with van der Waals surface area (Å²) < 4.78 is 6.95. The molecule has 1 aromatic rings. The lowest BCUT2D eigenvalue weighted by molar-refractivity contribution is 0.0862. The van der Waals surface area contributed by atoms with Crippen LogP contribution in [0.5, 0.6) is 0 Å². The molecular formula is C10H16N2O3S2. The standard InChI is InChI=1S/C10H16N2O3S2/c1-7-5-12(10(14)11-9(7)13)6-15-3-4-17-8(2)16/h5,8,16H,3-4,6H2,1-2H3,(H,11,13,14). The molecule has 0 fully saturated rings. The second-order valence-corrected chi connectivity index (χ2v) is 6.12. The van der Waals surface area contributed by atoms with Gasteiger partial charge >= 0.3 is 5.69 Å². The van der Waals surface area contributed by atoms with Crippen LogP contribution >= 0.6 is 24.4 Å². The fraction of sp³-hybridized carbons (Fsp3) is 0.600. The number of hydrogen-bond acceptors (Lipinski definition) is 5. The Hall–Kier alpha value is -0.660. The minimum atomic E-state index is -0.448. The highest BCUT2D eigenvalue weighted by molar-refractivity contribution is 8.10. The Bertz CT molecular complexity index is 467. The van der Waals surface area contributed by atoms with Crippen molar-refractivity contribution in [1.29, 1.82) is 0 Å². The summed E-state index contributed by atoms with van der Waals surface area (Å²) in [6, 6.07) is 0. The zero-order chi connectivity index (χ0) is 12.8. The van der Waals surface area contributed by atoms with Gasteiger partial charge in [0, 0.05) is 22.1 Å². The minimum absolute atomic E-state index is 0.151. The molecule has 0 saturated carbocycles. The molecule has 17 heavy (non-hydrogen) atoms. The Morgan fingerprint density at radius 3 is 2.94 bits per heavy atom. The van der Waals surface area contributed by atoms with Crippen molar-refractivity contribution in [2.45, 2.75) is 25.2 Å². The molecule has 1 heterocycles. The Balaban J connectivity index is 2.45. The maximum atomic E-state index is 11.4. The third kappa shape index (κ3) is 5.01. The zero-order valence-electron chi connectivity index (χ0n) is 9.80. The smallest absolute Gasteiger partial charge is 0.330 e. The lowest BCUT2D eigenvalue weighted by Gasteiger charge is -2.08. The molecule has 0 spiro atoms. The van der Waals surface area contributed by atoms with Gasteiger partial charge in [-0.05, 0) is 13.8 Å². The number of thioether (sulfide) groups is 1. The summed E-state index contributed by atoms with van der Waals surface area (Å²) in [5, 5.41) is 0. The van der Waals surface area contributed by atoms with Crippen molar-refractivity contribution in [3.8, 4) is 0 Å². The van der Waals surface area contributed by atoms with E-state index in [1.165, 1.54) is 10.8 Å². The van der Waals surface area contributed by atoms with Crippen molar-refractivity contribution >= 4 is 24.4 Å². The molecule has 1 rings (SSSR count). The van der Waals surface area contributed by atoms with E-state index in [9.17, 15) is 9.59 Å². The monoisotopic (exact) mass is 276 g/mol. The summed E-state index contributed by atoms with van der Waals surface area (Å²) in [7, 11) is 0. The fourth-order valence-electron chi connectivity index (χ4n) is 1.15. The molecule has 0 saturated heterocycles. The molecular weight excluding hydrogens is 260 g/mol. The van der Waals surface area contributed by atoms with Gasteiger partial charge in [-0.2, -0.15) is 12.6 Å². The predicted octanol–water partition coefficient (Wildman–Crippen LogP) is 0.828. The van der Waals surface area contributed by atoms with Crippen LogP contribution in [0.3, 0.4) is 0 Å². The van der Waals surface area contributed by atoms with Gasteiger partial charge in [0.25, 0.3) is 5.56 Å². The number of rotatable bonds is 6. The highest BCUT2D eigenvalue weighted by atomic mass is 32.2. The molecule has 0 aliphatic carbocycles. The summed E-state index contributed by atoms with van der Waals surface area (Å²) in [6.45, 7) is 4.33. The van der Waals surface area contributed by atoms with Crippen LogP contribution in [0.2, 0.25) is 0 Å². The Morgan fingerprint density at radius 2 is 2.29 bits per heavy atom. The highest BCUT2D eigenvalue weighted by Gasteiger charge is 2.00. The van der Waals surface area contributed by atoms with E-state index >= 15 is 0 Å². The number of aromatic nitrogens is 2. The predicted molar refractivity (Wildman–Crippen MR) is 72.9 cm³/mol. The van der Waals surface area contributed by atoms with E-state index in [0.29, 0.717) is 12.2 Å². The minimum Gasteiger partial charge on any atom is -0.360 e. The molecule has 1 atom stereocenters. The second-order valence-electron chi connectivity index (χ2n) is 3.55. The van der Waals surface area contributed by atoms with E-state index in [-0.39, 0.29) is 16.9 Å². The first-order chi connectivity index (χ1) is 8.00.